The Kier molecular flexibility index (Phi) is 8.32. The van der Waals surface area contributed by atoms with E-state index in [1.807, 2.05) is 4.90 Å². The molecule has 2 aliphatic rings. The number of ether oxygens (including phenoxy) is 1. The number of rotatable bonds is 7. The molecule has 2 aliphatic heterocycles. The van der Waals surface area contributed by atoms with Gasteiger partial charge in [-0.15, -0.1) is 11.3 Å². The van der Waals surface area contributed by atoms with Crippen LogP contribution in [0.2, 0.25) is 0 Å². The SMILES string of the molecule is CN=C(NCCC(=O)N1CCc2sccc2C1)NCC(C(C)C)N1CCOCC1. The average molecular weight is 422 g/mol. The number of carbonyl (C=O) groups excluding carboxylic acids is 1. The number of carbonyl (C=O) groups is 1. The van der Waals surface area contributed by atoms with Crippen molar-refractivity contribution in [1.82, 2.24) is 20.4 Å². The fourth-order valence-electron chi connectivity index (χ4n) is 4.02. The summed E-state index contributed by atoms with van der Waals surface area (Å²) in [4.78, 5) is 22.8. The van der Waals surface area contributed by atoms with E-state index in [2.05, 4.69) is 45.8 Å². The topological polar surface area (TPSA) is 69.2 Å². The number of fused-ring (bicyclic) bond motifs is 1. The lowest BCUT2D eigenvalue weighted by atomic mass is 10.0. The predicted octanol–water partition coefficient (Wildman–Crippen LogP) is 1.54. The third-order valence-electron chi connectivity index (χ3n) is 5.78. The van der Waals surface area contributed by atoms with Crippen LogP contribution in [0.5, 0.6) is 0 Å². The van der Waals surface area contributed by atoms with Crippen LogP contribution in [0.3, 0.4) is 0 Å². The molecule has 1 aromatic rings. The summed E-state index contributed by atoms with van der Waals surface area (Å²) in [5.74, 6) is 1.51. The molecule has 29 heavy (non-hydrogen) atoms. The predicted molar refractivity (Wildman–Crippen MR) is 118 cm³/mol. The lowest BCUT2D eigenvalue weighted by Crippen LogP contribution is -2.52. The van der Waals surface area contributed by atoms with Crippen LogP contribution in [0.4, 0.5) is 0 Å². The van der Waals surface area contributed by atoms with E-state index in [4.69, 9.17) is 4.74 Å². The first-order chi connectivity index (χ1) is 14.1. The van der Waals surface area contributed by atoms with Gasteiger partial charge in [0.15, 0.2) is 5.96 Å². The van der Waals surface area contributed by atoms with Gasteiger partial charge in [-0.3, -0.25) is 14.7 Å². The summed E-state index contributed by atoms with van der Waals surface area (Å²) < 4.78 is 5.48. The molecule has 8 heteroatoms. The lowest BCUT2D eigenvalue weighted by molar-refractivity contribution is -0.131. The average Bonchev–Trinajstić information content (AvgIpc) is 3.21. The van der Waals surface area contributed by atoms with E-state index in [9.17, 15) is 4.79 Å². The van der Waals surface area contributed by atoms with Gasteiger partial charge in [0.1, 0.15) is 0 Å². The minimum absolute atomic E-state index is 0.207. The van der Waals surface area contributed by atoms with Crippen LogP contribution in [0.15, 0.2) is 16.4 Å². The van der Waals surface area contributed by atoms with Crippen LogP contribution >= 0.6 is 11.3 Å². The van der Waals surface area contributed by atoms with Gasteiger partial charge in [-0.1, -0.05) is 13.8 Å². The van der Waals surface area contributed by atoms with Crippen LogP contribution < -0.4 is 10.6 Å². The monoisotopic (exact) mass is 421 g/mol. The van der Waals surface area contributed by atoms with E-state index in [1.54, 1.807) is 18.4 Å². The van der Waals surface area contributed by atoms with Crippen molar-refractivity contribution in [3.63, 3.8) is 0 Å². The van der Waals surface area contributed by atoms with Crippen LogP contribution in [0.1, 0.15) is 30.7 Å². The summed E-state index contributed by atoms with van der Waals surface area (Å²) in [6.07, 6.45) is 1.46. The Morgan fingerprint density at radius 2 is 2.07 bits per heavy atom. The smallest absolute Gasteiger partial charge is 0.224 e. The number of guanidine groups is 1. The highest BCUT2D eigenvalue weighted by atomic mass is 32.1. The van der Waals surface area contributed by atoms with E-state index in [1.165, 1.54) is 10.4 Å². The zero-order valence-electron chi connectivity index (χ0n) is 17.9. The van der Waals surface area contributed by atoms with Crippen LogP contribution in [0, 0.1) is 5.92 Å². The highest BCUT2D eigenvalue weighted by Gasteiger charge is 2.24. The summed E-state index contributed by atoms with van der Waals surface area (Å²) in [5.41, 5.74) is 1.31. The maximum Gasteiger partial charge on any atom is 0.224 e. The normalized spacial score (nSPS) is 19.2. The van der Waals surface area contributed by atoms with Gasteiger partial charge in [-0.05, 0) is 29.3 Å². The molecule has 1 fully saturated rings. The van der Waals surface area contributed by atoms with Gasteiger partial charge < -0.3 is 20.3 Å². The molecule has 1 aromatic heterocycles. The minimum Gasteiger partial charge on any atom is -0.379 e. The molecule has 1 atom stereocenters. The summed E-state index contributed by atoms with van der Waals surface area (Å²) in [6, 6.07) is 2.58. The molecule has 1 saturated heterocycles. The van der Waals surface area contributed by atoms with Crippen molar-refractivity contribution in [2.45, 2.75) is 39.3 Å². The van der Waals surface area contributed by atoms with Gasteiger partial charge >= 0.3 is 0 Å². The Hall–Kier alpha value is -1.64. The van der Waals surface area contributed by atoms with Gasteiger partial charge in [0.05, 0.1) is 13.2 Å². The van der Waals surface area contributed by atoms with Crippen molar-refractivity contribution in [1.29, 1.82) is 0 Å². The molecule has 0 aliphatic carbocycles. The van der Waals surface area contributed by atoms with Gasteiger partial charge in [-0.2, -0.15) is 0 Å². The molecule has 3 heterocycles. The molecular formula is C21H35N5O2S. The van der Waals surface area contributed by atoms with E-state index >= 15 is 0 Å². The Morgan fingerprint density at radius 3 is 2.79 bits per heavy atom. The van der Waals surface area contributed by atoms with Gasteiger partial charge in [0, 0.05) is 63.7 Å². The van der Waals surface area contributed by atoms with Crippen molar-refractivity contribution in [2.24, 2.45) is 10.9 Å². The molecule has 0 saturated carbocycles. The summed E-state index contributed by atoms with van der Waals surface area (Å²) in [7, 11) is 1.78. The van der Waals surface area contributed by atoms with Crippen molar-refractivity contribution < 1.29 is 9.53 Å². The number of morpholine rings is 1. The number of amides is 1. The Morgan fingerprint density at radius 1 is 1.28 bits per heavy atom. The van der Waals surface area contributed by atoms with Gasteiger partial charge in [-0.25, -0.2) is 0 Å². The number of hydrogen-bond acceptors (Lipinski definition) is 5. The van der Waals surface area contributed by atoms with E-state index in [-0.39, 0.29) is 5.91 Å². The molecule has 0 spiro atoms. The molecule has 7 nitrogen and oxygen atoms in total. The first-order valence-electron chi connectivity index (χ1n) is 10.7. The zero-order chi connectivity index (χ0) is 20.6. The molecule has 1 unspecified atom stereocenters. The fraction of sp³-hybridized carbons (Fsp3) is 0.714. The third-order valence-corrected chi connectivity index (χ3v) is 6.80. The zero-order valence-corrected chi connectivity index (χ0v) is 18.8. The number of hydrogen-bond donors (Lipinski definition) is 2. The van der Waals surface area contributed by atoms with Crippen LogP contribution in [0.25, 0.3) is 0 Å². The number of aliphatic imine (C=N–C) groups is 1. The highest BCUT2D eigenvalue weighted by Crippen LogP contribution is 2.24. The van der Waals surface area contributed by atoms with Crippen molar-refractivity contribution >= 4 is 23.2 Å². The van der Waals surface area contributed by atoms with E-state index in [0.29, 0.717) is 24.9 Å². The number of nitrogens with zero attached hydrogens (tertiary/aromatic N) is 3. The van der Waals surface area contributed by atoms with Crippen LogP contribution in [-0.4, -0.2) is 80.7 Å². The first-order valence-corrected chi connectivity index (χ1v) is 11.6. The maximum absolute atomic E-state index is 12.6. The summed E-state index contributed by atoms with van der Waals surface area (Å²) >= 11 is 1.80. The van der Waals surface area contributed by atoms with Crippen molar-refractivity contribution in [2.75, 3.05) is 53.0 Å². The maximum atomic E-state index is 12.6. The Balaban J connectivity index is 1.40. The third kappa shape index (κ3) is 6.17. The van der Waals surface area contributed by atoms with Crippen molar-refractivity contribution in [3.05, 3.63) is 21.9 Å². The number of thiophene rings is 1. The quantitative estimate of drug-likeness (QED) is 0.516. The van der Waals surface area contributed by atoms with Gasteiger partial charge in [0.2, 0.25) is 5.91 Å². The van der Waals surface area contributed by atoms with Gasteiger partial charge in [0.25, 0.3) is 0 Å². The molecule has 0 radical (unpaired) electrons. The van der Waals surface area contributed by atoms with Crippen molar-refractivity contribution in [3.8, 4) is 0 Å². The second-order valence-electron chi connectivity index (χ2n) is 8.02. The van der Waals surface area contributed by atoms with E-state index < -0.39 is 0 Å². The minimum atomic E-state index is 0.207. The second kappa shape index (κ2) is 10.9. The first kappa shape index (κ1) is 22.1. The molecule has 3 rings (SSSR count). The molecular weight excluding hydrogens is 386 g/mol. The lowest BCUT2D eigenvalue weighted by Gasteiger charge is -2.37. The Bertz CT molecular complexity index is 684. The summed E-state index contributed by atoms with van der Waals surface area (Å²) in [5, 5.41) is 8.87. The highest BCUT2D eigenvalue weighted by molar-refractivity contribution is 7.10. The van der Waals surface area contributed by atoms with Crippen LogP contribution in [-0.2, 0) is 22.5 Å². The van der Waals surface area contributed by atoms with E-state index in [0.717, 1.165) is 58.3 Å². The molecule has 1 amide bonds. The molecule has 2 N–H and O–H groups in total. The fourth-order valence-corrected chi connectivity index (χ4v) is 4.91. The standard InChI is InChI=1S/C21H35N5O2S/c1-16(2)18(25-9-11-28-12-10-25)14-24-21(22-3)23-7-4-20(27)26-8-5-19-17(15-26)6-13-29-19/h6,13,16,18H,4-5,7-12,14-15H2,1-3H3,(H2,22,23,24). The Labute approximate surface area is 178 Å². The molecule has 162 valence electrons. The molecule has 0 aromatic carbocycles. The number of nitrogens with one attached hydrogen (secondary N) is 2. The molecule has 0 bridgehead atoms. The summed E-state index contributed by atoms with van der Waals surface area (Å²) in [6.45, 7) is 11.1. The largest absolute Gasteiger partial charge is 0.379 e. The second-order valence-corrected chi connectivity index (χ2v) is 9.02.